The number of ether oxygens (including phenoxy) is 1. The Kier molecular flexibility index (Phi) is 5.41. The Morgan fingerprint density at radius 1 is 1.23 bits per heavy atom. The SMILES string of the molecule is CC[C@@H](NC(=O)c1ccc(-c2ccccc2)c(OC)n1)C(=O)N1CC[C@]2(C1)CC2(F)F. The fourth-order valence-electron chi connectivity index (χ4n) is 4.24. The lowest BCUT2D eigenvalue weighted by Gasteiger charge is -2.23. The summed E-state index contributed by atoms with van der Waals surface area (Å²) in [5, 5.41) is 2.70. The molecule has 0 unspecified atom stereocenters. The number of hydrogen-bond donors (Lipinski definition) is 1. The maximum Gasteiger partial charge on any atom is 0.270 e. The van der Waals surface area contributed by atoms with E-state index in [1.165, 1.54) is 12.0 Å². The van der Waals surface area contributed by atoms with Crippen molar-refractivity contribution in [1.82, 2.24) is 15.2 Å². The molecule has 1 aromatic heterocycles. The zero-order chi connectivity index (χ0) is 22.2. The number of benzene rings is 1. The van der Waals surface area contributed by atoms with E-state index in [0.717, 1.165) is 11.1 Å². The number of aromatic nitrogens is 1. The standard InChI is InChI=1S/C23H25F2N3O3/c1-3-17(21(30)28-12-11-22(14-28)13-23(22,24)25)26-19(29)18-10-9-16(20(27-18)31-2)15-7-5-4-6-8-15/h4-10,17H,3,11-14H2,1-2H3,(H,26,29)/t17-,22-/m1/s1. The number of amides is 2. The molecule has 1 aliphatic heterocycles. The molecular weight excluding hydrogens is 404 g/mol. The summed E-state index contributed by atoms with van der Waals surface area (Å²) in [4.78, 5) is 31.4. The van der Waals surface area contributed by atoms with E-state index in [1.807, 2.05) is 30.3 Å². The molecule has 2 fully saturated rings. The summed E-state index contributed by atoms with van der Waals surface area (Å²) in [6, 6.07) is 12.1. The van der Waals surface area contributed by atoms with Crippen LogP contribution in [0.15, 0.2) is 42.5 Å². The van der Waals surface area contributed by atoms with Crippen LogP contribution in [-0.4, -0.2) is 53.9 Å². The fraction of sp³-hybridized carbons (Fsp3) is 0.435. The molecule has 1 spiro atoms. The lowest BCUT2D eigenvalue weighted by atomic mass is 10.1. The van der Waals surface area contributed by atoms with E-state index in [1.54, 1.807) is 19.1 Å². The van der Waals surface area contributed by atoms with Gasteiger partial charge in [0.05, 0.1) is 12.5 Å². The molecule has 1 saturated carbocycles. The van der Waals surface area contributed by atoms with Crippen LogP contribution in [0.4, 0.5) is 8.78 Å². The number of rotatable bonds is 6. The lowest BCUT2D eigenvalue weighted by Crippen LogP contribution is -2.48. The fourth-order valence-corrected chi connectivity index (χ4v) is 4.24. The first-order valence-corrected chi connectivity index (χ1v) is 10.4. The van der Waals surface area contributed by atoms with Crippen molar-refractivity contribution in [2.45, 2.75) is 38.2 Å². The van der Waals surface area contributed by atoms with Crippen LogP contribution in [0.2, 0.25) is 0 Å². The molecule has 2 atom stereocenters. The quantitative estimate of drug-likeness (QED) is 0.763. The minimum Gasteiger partial charge on any atom is -0.481 e. The van der Waals surface area contributed by atoms with Gasteiger partial charge in [-0.05, 0) is 30.5 Å². The molecule has 1 aromatic carbocycles. The van der Waals surface area contributed by atoms with E-state index in [9.17, 15) is 18.4 Å². The van der Waals surface area contributed by atoms with E-state index >= 15 is 0 Å². The van der Waals surface area contributed by atoms with E-state index in [-0.39, 0.29) is 24.6 Å². The first-order valence-electron chi connectivity index (χ1n) is 10.4. The number of likely N-dealkylation sites (tertiary alicyclic amines) is 1. The summed E-state index contributed by atoms with van der Waals surface area (Å²) in [7, 11) is 1.48. The van der Waals surface area contributed by atoms with Crippen molar-refractivity contribution in [2.24, 2.45) is 5.41 Å². The summed E-state index contributed by atoms with van der Waals surface area (Å²) in [6.45, 7) is 2.11. The van der Waals surface area contributed by atoms with Crippen LogP contribution in [0.25, 0.3) is 11.1 Å². The summed E-state index contributed by atoms with van der Waals surface area (Å²) in [5.74, 6) is -3.23. The van der Waals surface area contributed by atoms with E-state index in [4.69, 9.17) is 4.74 Å². The van der Waals surface area contributed by atoms with Gasteiger partial charge in [-0.15, -0.1) is 0 Å². The highest BCUT2D eigenvalue weighted by Gasteiger charge is 2.73. The Hall–Kier alpha value is -3.03. The third-order valence-corrected chi connectivity index (χ3v) is 6.26. The van der Waals surface area contributed by atoms with Crippen molar-refractivity contribution >= 4 is 11.8 Å². The van der Waals surface area contributed by atoms with Crippen LogP contribution >= 0.6 is 0 Å². The van der Waals surface area contributed by atoms with Gasteiger partial charge >= 0.3 is 0 Å². The molecule has 2 amide bonds. The Labute approximate surface area is 179 Å². The van der Waals surface area contributed by atoms with Gasteiger partial charge < -0.3 is 15.0 Å². The normalized spacial score (nSPS) is 22.3. The van der Waals surface area contributed by atoms with Crippen LogP contribution < -0.4 is 10.1 Å². The molecule has 2 aliphatic rings. The number of nitrogens with one attached hydrogen (secondary N) is 1. The van der Waals surface area contributed by atoms with Crippen molar-refractivity contribution in [3.05, 3.63) is 48.2 Å². The Morgan fingerprint density at radius 3 is 2.52 bits per heavy atom. The Bertz CT molecular complexity index is 999. The average Bonchev–Trinajstić information content (AvgIpc) is 3.10. The van der Waals surface area contributed by atoms with Gasteiger partial charge in [0, 0.05) is 25.1 Å². The van der Waals surface area contributed by atoms with Crippen molar-refractivity contribution < 1.29 is 23.1 Å². The second-order valence-corrected chi connectivity index (χ2v) is 8.22. The van der Waals surface area contributed by atoms with Crippen LogP contribution in [0.1, 0.15) is 36.7 Å². The predicted octanol–water partition coefficient (Wildman–Crippen LogP) is 3.52. The van der Waals surface area contributed by atoms with E-state index in [0.29, 0.717) is 25.3 Å². The molecule has 6 nitrogen and oxygen atoms in total. The van der Waals surface area contributed by atoms with Gasteiger partial charge in [-0.2, -0.15) is 0 Å². The van der Waals surface area contributed by atoms with Crippen molar-refractivity contribution in [3.63, 3.8) is 0 Å². The maximum absolute atomic E-state index is 13.6. The Balaban J connectivity index is 1.46. The van der Waals surface area contributed by atoms with Gasteiger partial charge in [0.1, 0.15) is 11.7 Å². The monoisotopic (exact) mass is 429 g/mol. The number of carbonyl (C=O) groups is 2. The van der Waals surface area contributed by atoms with Crippen LogP contribution in [0.3, 0.4) is 0 Å². The largest absolute Gasteiger partial charge is 0.481 e. The molecule has 8 heteroatoms. The zero-order valence-electron chi connectivity index (χ0n) is 17.5. The summed E-state index contributed by atoms with van der Waals surface area (Å²) in [5.41, 5.74) is 0.706. The zero-order valence-corrected chi connectivity index (χ0v) is 17.5. The van der Waals surface area contributed by atoms with Gasteiger partial charge in [-0.1, -0.05) is 37.3 Å². The number of hydrogen-bond acceptors (Lipinski definition) is 4. The predicted molar refractivity (Wildman–Crippen MR) is 111 cm³/mol. The lowest BCUT2D eigenvalue weighted by molar-refractivity contribution is -0.132. The molecule has 0 bridgehead atoms. The van der Waals surface area contributed by atoms with Crippen LogP contribution in [-0.2, 0) is 4.79 Å². The molecule has 1 aliphatic carbocycles. The second-order valence-electron chi connectivity index (χ2n) is 8.22. The highest BCUT2D eigenvalue weighted by Crippen LogP contribution is 2.65. The molecule has 2 aromatic rings. The minimum atomic E-state index is -2.69. The number of alkyl halides is 2. The van der Waals surface area contributed by atoms with Crippen molar-refractivity contribution in [1.29, 1.82) is 0 Å². The minimum absolute atomic E-state index is 0.0447. The highest BCUT2D eigenvalue weighted by molar-refractivity contribution is 5.96. The number of methoxy groups -OCH3 is 1. The van der Waals surface area contributed by atoms with Crippen molar-refractivity contribution in [2.75, 3.05) is 20.2 Å². The average molecular weight is 429 g/mol. The smallest absolute Gasteiger partial charge is 0.270 e. The highest BCUT2D eigenvalue weighted by atomic mass is 19.3. The van der Waals surface area contributed by atoms with Gasteiger partial charge in [0.2, 0.25) is 11.8 Å². The Morgan fingerprint density at radius 2 is 1.94 bits per heavy atom. The van der Waals surface area contributed by atoms with E-state index in [2.05, 4.69) is 10.3 Å². The van der Waals surface area contributed by atoms with Gasteiger partial charge in [0.15, 0.2) is 0 Å². The van der Waals surface area contributed by atoms with Crippen molar-refractivity contribution in [3.8, 4) is 17.0 Å². The van der Waals surface area contributed by atoms with E-state index < -0.39 is 23.3 Å². The molecule has 1 saturated heterocycles. The molecule has 0 radical (unpaired) electrons. The molecule has 164 valence electrons. The van der Waals surface area contributed by atoms with Crippen LogP contribution in [0, 0.1) is 5.41 Å². The summed E-state index contributed by atoms with van der Waals surface area (Å²) < 4.78 is 32.6. The third-order valence-electron chi connectivity index (χ3n) is 6.26. The van der Waals surface area contributed by atoms with Gasteiger partial charge in [-0.25, -0.2) is 13.8 Å². The first-order chi connectivity index (χ1) is 14.8. The topological polar surface area (TPSA) is 71.5 Å². The van der Waals surface area contributed by atoms with Gasteiger partial charge in [0.25, 0.3) is 11.8 Å². The number of pyridine rings is 1. The first kappa shape index (κ1) is 21.2. The number of carbonyl (C=O) groups excluding carboxylic acids is 2. The number of halogens is 2. The third kappa shape index (κ3) is 3.86. The molecular formula is C23H25F2N3O3. The number of nitrogens with zero attached hydrogens (tertiary/aromatic N) is 2. The van der Waals surface area contributed by atoms with Crippen LogP contribution in [0.5, 0.6) is 5.88 Å². The maximum atomic E-state index is 13.6. The second kappa shape index (κ2) is 7.90. The summed E-state index contributed by atoms with van der Waals surface area (Å²) in [6.07, 6.45) is 0.490. The molecule has 2 heterocycles. The summed E-state index contributed by atoms with van der Waals surface area (Å²) >= 11 is 0. The molecule has 1 N–H and O–H groups in total. The molecule has 4 rings (SSSR count). The van der Waals surface area contributed by atoms with Gasteiger partial charge in [-0.3, -0.25) is 9.59 Å². The molecule has 31 heavy (non-hydrogen) atoms.